The van der Waals surface area contributed by atoms with Crippen LogP contribution in [-0.2, 0) is 14.3 Å². The molecule has 0 saturated carbocycles. The average molecular weight is 334 g/mol. The van der Waals surface area contributed by atoms with Gasteiger partial charge in [-0.1, -0.05) is 18.5 Å². The first kappa shape index (κ1) is 17.8. The van der Waals surface area contributed by atoms with Gasteiger partial charge in [0, 0.05) is 11.8 Å². The van der Waals surface area contributed by atoms with Crippen LogP contribution >= 0.6 is 23.4 Å². The molecule has 1 rings (SSSR count). The summed E-state index contributed by atoms with van der Waals surface area (Å²) in [7, 11) is 0. The molecule has 0 aromatic heterocycles. The molecule has 1 aromatic rings. The smallest absolute Gasteiger partial charge is 0.319 e. The van der Waals surface area contributed by atoms with Crippen molar-refractivity contribution in [1.29, 1.82) is 0 Å². The number of carbonyl (C=O) groups is 2. The summed E-state index contributed by atoms with van der Waals surface area (Å²) in [5, 5.41) is 2.08. The molecule has 0 spiro atoms. The minimum Gasteiger partial charge on any atom is -0.465 e. The molecule has 0 heterocycles. The Balaban J connectivity index is 2.87. The van der Waals surface area contributed by atoms with Crippen LogP contribution in [0.3, 0.4) is 0 Å². The van der Waals surface area contributed by atoms with Crippen molar-refractivity contribution >= 4 is 40.9 Å². The van der Waals surface area contributed by atoms with Crippen LogP contribution in [0.5, 0.6) is 0 Å². The number of hydrogen-bond acceptors (Lipinski definition) is 4. The van der Waals surface area contributed by atoms with Crippen LogP contribution in [0.25, 0.3) is 0 Å². The predicted molar refractivity (Wildman–Crippen MR) is 82.3 cm³/mol. The molecule has 1 aromatic carbocycles. The molecule has 4 nitrogen and oxygen atoms in total. The van der Waals surface area contributed by atoms with Gasteiger partial charge in [-0.3, -0.25) is 9.59 Å². The van der Waals surface area contributed by atoms with Gasteiger partial charge in [0.25, 0.3) is 0 Å². The van der Waals surface area contributed by atoms with Crippen LogP contribution < -0.4 is 5.32 Å². The molecular weight excluding hydrogens is 317 g/mol. The number of benzene rings is 1. The van der Waals surface area contributed by atoms with Gasteiger partial charge in [-0.25, -0.2) is 4.39 Å². The number of esters is 1. The minimum absolute atomic E-state index is 0.0310. The molecule has 1 amide bonds. The Morgan fingerprint density at radius 2 is 2.14 bits per heavy atom. The Morgan fingerprint density at radius 3 is 2.71 bits per heavy atom. The van der Waals surface area contributed by atoms with E-state index in [-0.39, 0.29) is 22.6 Å². The summed E-state index contributed by atoms with van der Waals surface area (Å²) in [4.78, 5) is 23.2. The lowest BCUT2D eigenvalue weighted by Gasteiger charge is -2.13. The van der Waals surface area contributed by atoms with Crippen molar-refractivity contribution in [2.45, 2.75) is 37.3 Å². The van der Waals surface area contributed by atoms with E-state index in [0.717, 1.165) is 24.2 Å². The van der Waals surface area contributed by atoms with Crippen LogP contribution in [0, 0.1) is 5.82 Å². The SMILES string of the molecule is CCCOC(=O)C(C)Sc1cc(NC(C)=O)c(F)cc1Cl. The second-order valence-corrected chi connectivity index (χ2v) is 6.16. The Hall–Kier alpha value is -1.27. The summed E-state index contributed by atoms with van der Waals surface area (Å²) in [6, 6.07) is 2.52. The predicted octanol–water partition coefficient (Wildman–Crippen LogP) is 3.87. The van der Waals surface area contributed by atoms with Gasteiger partial charge in [0.15, 0.2) is 0 Å². The first-order valence-electron chi connectivity index (χ1n) is 6.45. The minimum atomic E-state index is -0.624. The van der Waals surface area contributed by atoms with E-state index in [1.807, 2.05) is 6.92 Å². The molecule has 0 fully saturated rings. The van der Waals surface area contributed by atoms with E-state index in [9.17, 15) is 14.0 Å². The van der Waals surface area contributed by atoms with E-state index < -0.39 is 11.1 Å². The topological polar surface area (TPSA) is 55.4 Å². The Kier molecular flexibility index (Phi) is 6.98. The Labute approximate surface area is 132 Å². The Bertz CT molecular complexity index is 539. The van der Waals surface area contributed by atoms with Crippen molar-refractivity contribution in [3.63, 3.8) is 0 Å². The molecule has 0 aliphatic rings. The van der Waals surface area contributed by atoms with E-state index in [0.29, 0.717) is 11.5 Å². The lowest BCUT2D eigenvalue weighted by Crippen LogP contribution is -2.17. The fourth-order valence-electron chi connectivity index (χ4n) is 1.46. The zero-order chi connectivity index (χ0) is 16.0. The molecule has 0 radical (unpaired) electrons. The van der Waals surface area contributed by atoms with Gasteiger partial charge in [-0.05, 0) is 25.5 Å². The number of hydrogen-bond donors (Lipinski definition) is 1. The van der Waals surface area contributed by atoms with Crippen LogP contribution in [0.2, 0.25) is 5.02 Å². The van der Waals surface area contributed by atoms with E-state index in [2.05, 4.69) is 5.32 Å². The quantitative estimate of drug-likeness (QED) is 0.634. The lowest BCUT2D eigenvalue weighted by molar-refractivity contribution is -0.142. The molecule has 0 bridgehead atoms. The summed E-state index contributed by atoms with van der Waals surface area (Å²) in [5.41, 5.74) is 0.0310. The summed E-state index contributed by atoms with van der Waals surface area (Å²) in [6.07, 6.45) is 0.743. The van der Waals surface area contributed by atoms with Gasteiger partial charge in [0.05, 0.1) is 17.3 Å². The van der Waals surface area contributed by atoms with E-state index in [4.69, 9.17) is 16.3 Å². The molecule has 0 aliphatic carbocycles. The molecule has 7 heteroatoms. The standard InChI is InChI=1S/C14H17ClFNO3S/c1-4-5-20-14(19)8(2)21-13-7-12(17-9(3)18)11(16)6-10(13)15/h6-8H,4-5H2,1-3H3,(H,17,18). The van der Waals surface area contributed by atoms with Crippen LogP contribution in [0.15, 0.2) is 17.0 Å². The third-order valence-corrected chi connectivity index (χ3v) is 3.98. The largest absolute Gasteiger partial charge is 0.465 e. The molecule has 116 valence electrons. The number of thioether (sulfide) groups is 1. The van der Waals surface area contributed by atoms with E-state index in [1.165, 1.54) is 13.0 Å². The molecule has 0 aliphatic heterocycles. The first-order chi connectivity index (χ1) is 9.85. The molecule has 1 unspecified atom stereocenters. The van der Waals surface area contributed by atoms with Gasteiger partial charge in [0.1, 0.15) is 11.1 Å². The molecule has 1 atom stereocenters. The van der Waals surface area contributed by atoms with Gasteiger partial charge < -0.3 is 10.1 Å². The summed E-state index contributed by atoms with van der Waals surface area (Å²) < 4.78 is 18.7. The molecule has 21 heavy (non-hydrogen) atoms. The van der Waals surface area contributed by atoms with Crippen molar-refractivity contribution < 1.29 is 18.7 Å². The van der Waals surface area contributed by atoms with Crippen molar-refractivity contribution in [2.24, 2.45) is 0 Å². The van der Waals surface area contributed by atoms with Crippen LogP contribution in [-0.4, -0.2) is 23.7 Å². The van der Waals surface area contributed by atoms with Crippen molar-refractivity contribution in [1.82, 2.24) is 0 Å². The maximum atomic E-state index is 13.7. The molecular formula is C14H17ClFNO3S. The van der Waals surface area contributed by atoms with Crippen molar-refractivity contribution in [3.8, 4) is 0 Å². The van der Waals surface area contributed by atoms with E-state index >= 15 is 0 Å². The zero-order valence-corrected chi connectivity index (χ0v) is 13.6. The van der Waals surface area contributed by atoms with Gasteiger partial charge >= 0.3 is 5.97 Å². The highest BCUT2D eigenvalue weighted by Crippen LogP contribution is 2.34. The van der Waals surface area contributed by atoms with Crippen LogP contribution in [0.4, 0.5) is 10.1 Å². The van der Waals surface area contributed by atoms with Crippen molar-refractivity contribution in [2.75, 3.05) is 11.9 Å². The van der Waals surface area contributed by atoms with Gasteiger partial charge in [-0.2, -0.15) is 0 Å². The first-order valence-corrected chi connectivity index (χ1v) is 7.70. The molecule has 0 saturated heterocycles. The fourth-order valence-corrected chi connectivity index (χ4v) is 2.65. The maximum absolute atomic E-state index is 13.7. The second-order valence-electron chi connectivity index (χ2n) is 4.37. The third-order valence-electron chi connectivity index (χ3n) is 2.42. The highest BCUT2D eigenvalue weighted by Gasteiger charge is 2.19. The highest BCUT2D eigenvalue weighted by atomic mass is 35.5. The monoisotopic (exact) mass is 333 g/mol. The number of anilines is 1. The fraction of sp³-hybridized carbons (Fsp3) is 0.429. The normalized spacial score (nSPS) is 11.9. The number of carbonyl (C=O) groups excluding carboxylic acids is 2. The third kappa shape index (κ3) is 5.55. The number of halogens is 2. The van der Waals surface area contributed by atoms with Gasteiger partial charge in [-0.15, -0.1) is 11.8 Å². The Morgan fingerprint density at radius 1 is 1.48 bits per heavy atom. The highest BCUT2D eigenvalue weighted by molar-refractivity contribution is 8.00. The summed E-state index contributed by atoms with van der Waals surface area (Å²) >= 11 is 7.12. The number of ether oxygens (including phenoxy) is 1. The van der Waals surface area contributed by atoms with Crippen LogP contribution in [0.1, 0.15) is 27.2 Å². The van der Waals surface area contributed by atoms with Gasteiger partial charge in [0.2, 0.25) is 5.91 Å². The average Bonchev–Trinajstić information content (AvgIpc) is 2.40. The number of nitrogens with one attached hydrogen (secondary N) is 1. The number of rotatable bonds is 6. The molecule has 1 N–H and O–H groups in total. The maximum Gasteiger partial charge on any atom is 0.319 e. The lowest BCUT2D eigenvalue weighted by atomic mass is 10.3. The summed E-state index contributed by atoms with van der Waals surface area (Å²) in [5.74, 6) is -1.37. The van der Waals surface area contributed by atoms with Crippen molar-refractivity contribution in [3.05, 3.63) is 23.0 Å². The number of amides is 1. The zero-order valence-electron chi connectivity index (χ0n) is 12.0. The summed E-state index contributed by atoms with van der Waals surface area (Å²) in [6.45, 7) is 5.23. The second kappa shape index (κ2) is 8.24. The van der Waals surface area contributed by atoms with E-state index in [1.54, 1.807) is 6.92 Å².